The van der Waals surface area contributed by atoms with Gasteiger partial charge in [-0.1, -0.05) is 41.4 Å². The van der Waals surface area contributed by atoms with Crippen LogP contribution in [0.15, 0.2) is 59.7 Å². The Labute approximate surface area is 160 Å². The second kappa shape index (κ2) is 7.81. The summed E-state index contributed by atoms with van der Waals surface area (Å²) < 4.78 is 0. The van der Waals surface area contributed by atoms with Crippen LogP contribution >= 0.6 is 23.2 Å². The van der Waals surface area contributed by atoms with Crippen LogP contribution < -0.4 is 9.90 Å². The summed E-state index contributed by atoms with van der Waals surface area (Å²) in [6.45, 7) is 0. The molecule has 7 heteroatoms. The number of amides is 1. The van der Waals surface area contributed by atoms with Gasteiger partial charge in [-0.2, -0.15) is 0 Å². The fourth-order valence-electron chi connectivity index (χ4n) is 2.76. The largest absolute Gasteiger partial charge is 0.478 e. The third kappa shape index (κ3) is 3.84. The first-order chi connectivity index (χ1) is 12.5. The monoisotopic (exact) mass is 391 g/mol. The zero-order chi connectivity index (χ0) is 18.7. The lowest BCUT2D eigenvalue weighted by Crippen LogP contribution is -2.35. The van der Waals surface area contributed by atoms with Gasteiger partial charge in [-0.3, -0.25) is 4.79 Å². The molecule has 0 heterocycles. The molecule has 0 aromatic heterocycles. The number of carboxylic acid groups (broad SMARTS) is 1. The van der Waals surface area contributed by atoms with E-state index in [1.807, 2.05) is 0 Å². The SMILES string of the molecule is O=C(O)C1=C(C(=O)N(Oc2ccc(Cl)cc2Cl)c2ccccc2)CCC1. The Balaban J connectivity index is 2.00. The number of aliphatic carboxylic acids is 1. The van der Waals surface area contributed by atoms with E-state index in [0.29, 0.717) is 30.0 Å². The molecule has 0 aliphatic heterocycles. The first-order valence-electron chi connectivity index (χ1n) is 7.95. The molecule has 1 N–H and O–H groups in total. The summed E-state index contributed by atoms with van der Waals surface area (Å²) in [6.07, 6.45) is 1.37. The number of hydrogen-bond acceptors (Lipinski definition) is 3. The number of carbonyl (C=O) groups is 2. The predicted molar refractivity (Wildman–Crippen MR) is 99.5 cm³/mol. The first kappa shape index (κ1) is 18.3. The van der Waals surface area contributed by atoms with Crippen molar-refractivity contribution in [3.05, 3.63) is 69.7 Å². The van der Waals surface area contributed by atoms with Crippen LogP contribution in [0.3, 0.4) is 0 Å². The molecular formula is C19H15Cl2NO4. The van der Waals surface area contributed by atoms with Crippen LogP contribution in [0.1, 0.15) is 19.3 Å². The Morgan fingerprint density at radius 2 is 1.69 bits per heavy atom. The van der Waals surface area contributed by atoms with Crippen LogP contribution in [-0.2, 0) is 9.59 Å². The highest BCUT2D eigenvalue weighted by atomic mass is 35.5. The Kier molecular flexibility index (Phi) is 5.49. The quantitative estimate of drug-likeness (QED) is 0.737. The van der Waals surface area contributed by atoms with Gasteiger partial charge >= 0.3 is 5.97 Å². The van der Waals surface area contributed by atoms with Gasteiger partial charge in [0.15, 0.2) is 5.75 Å². The molecule has 0 saturated carbocycles. The third-order valence-electron chi connectivity index (χ3n) is 3.99. The summed E-state index contributed by atoms with van der Waals surface area (Å²) >= 11 is 12.0. The minimum Gasteiger partial charge on any atom is -0.478 e. The van der Waals surface area contributed by atoms with Gasteiger partial charge in [-0.05, 0) is 49.6 Å². The first-order valence-corrected chi connectivity index (χ1v) is 8.71. The van der Waals surface area contributed by atoms with Crippen molar-refractivity contribution in [1.29, 1.82) is 0 Å². The van der Waals surface area contributed by atoms with Crippen molar-refractivity contribution in [3.63, 3.8) is 0 Å². The normalized spacial score (nSPS) is 13.6. The molecule has 0 atom stereocenters. The van der Waals surface area contributed by atoms with Gasteiger partial charge < -0.3 is 9.94 Å². The lowest BCUT2D eigenvalue weighted by Gasteiger charge is -2.24. The summed E-state index contributed by atoms with van der Waals surface area (Å²) in [5.74, 6) is -1.36. The molecule has 1 aliphatic rings. The zero-order valence-corrected chi connectivity index (χ0v) is 15.1. The number of carbonyl (C=O) groups excluding carboxylic acids is 1. The van der Waals surface area contributed by atoms with Gasteiger partial charge in [-0.25, -0.2) is 4.79 Å². The summed E-state index contributed by atoms with van der Waals surface area (Å²) in [6, 6.07) is 13.3. The highest BCUT2D eigenvalue weighted by Crippen LogP contribution is 2.33. The summed E-state index contributed by atoms with van der Waals surface area (Å²) in [4.78, 5) is 30.2. The van der Waals surface area contributed by atoms with Crippen LogP contribution in [0.5, 0.6) is 5.75 Å². The average molecular weight is 392 g/mol. The summed E-state index contributed by atoms with van der Waals surface area (Å²) in [7, 11) is 0. The molecular weight excluding hydrogens is 377 g/mol. The molecule has 0 radical (unpaired) electrons. The topological polar surface area (TPSA) is 66.8 Å². The van der Waals surface area contributed by atoms with E-state index in [9.17, 15) is 14.7 Å². The highest BCUT2D eigenvalue weighted by Gasteiger charge is 2.31. The van der Waals surface area contributed by atoms with E-state index in [4.69, 9.17) is 28.0 Å². The Morgan fingerprint density at radius 1 is 1.00 bits per heavy atom. The van der Waals surface area contributed by atoms with Gasteiger partial charge in [0.2, 0.25) is 0 Å². The molecule has 1 amide bonds. The van der Waals surface area contributed by atoms with Crippen molar-refractivity contribution in [2.75, 3.05) is 5.06 Å². The third-order valence-corrected chi connectivity index (χ3v) is 4.52. The van der Waals surface area contributed by atoms with Crippen molar-refractivity contribution in [2.24, 2.45) is 0 Å². The number of hydrogen-bond donors (Lipinski definition) is 1. The molecule has 3 rings (SSSR count). The molecule has 0 bridgehead atoms. The lowest BCUT2D eigenvalue weighted by molar-refractivity contribution is -0.133. The van der Waals surface area contributed by atoms with E-state index < -0.39 is 11.9 Å². The van der Waals surface area contributed by atoms with Gasteiger partial charge in [0, 0.05) is 16.2 Å². The average Bonchev–Trinajstić information content (AvgIpc) is 3.11. The standard InChI is InChI=1S/C19H15Cl2NO4/c20-12-9-10-17(16(21)11-12)26-22(13-5-2-1-3-6-13)18(23)14-7-4-8-15(14)19(24)25/h1-3,5-6,9-11H,4,7-8H2,(H,24,25). The number of para-hydroxylation sites is 1. The van der Waals surface area contributed by atoms with E-state index >= 15 is 0 Å². The highest BCUT2D eigenvalue weighted by molar-refractivity contribution is 6.35. The molecule has 2 aromatic rings. The zero-order valence-electron chi connectivity index (χ0n) is 13.6. The van der Waals surface area contributed by atoms with Gasteiger partial charge in [0.05, 0.1) is 10.7 Å². The Bertz CT molecular complexity index is 880. The molecule has 5 nitrogen and oxygen atoms in total. The second-order valence-electron chi connectivity index (χ2n) is 5.72. The van der Waals surface area contributed by atoms with E-state index in [-0.39, 0.29) is 21.9 Å². The molecule has 0 fully saturated rings. The number of anilines is 1. The Morgan fingerprint density at radius 3 is 2.35 bits per heavy atom. The van der Waals surface area contributed by atoms with Crippen LogP contribution in [0.25, 0.3) is 0 Å². The Hall–Kier alpha value is -2.50. The van der Waals surface area contributed by atoms with Gasteiger partial charge in [-0.15, -0.1) is 5.06 Å². The molecule has 0 unspecified atom stereocenters. The molecule has 0 saturated heterocycles. The molecule has 134 valence electrons. The minimum atomic E-state index is -1.08. The van der Waals surface area contributed by atoms with Gasteiger partial charge in [0.1, 0.15) is 0 Å². The molecule has 1 aliphatic carbocycles. The fraction of sp³-hybridized carbons (Fsp3) is 0.158. The lowest BCUT2D eigenvalue weighted by atomic mass is 10.1. The van der Waals surface area contributed by atoms with Crippen molar-refractivity contribution < 1.29 is 19.5 Å². The van der Waals surface area contributed by atoms with E-state index in [1.54, 1.807) is 42.5 Å². The fourth-order valence-corrected chi connectivity index (χ4v) is 3.20. The number of rotatable bonds is 5. The number of nitrogens with zero attached hydrogens (tertiary/aromatic N) is 1. The molecule has 26 heavy (non-hydrogen) atoms. The maximum atomic E-state index is 13.1. The van der Waals surface area contributed by atoms with Gasteiger partial charge in [0.25, 0.3) is 5.91 Å². The van der Waals surface area contributed by atoms with E-state index in [0.717, 1.165) is 5.06 Å². The van der Waals surface area contributed by atoms with Crippen LogP contribution in [-0.4, -0.2) is 17.0 Å². The maximum Gasteiger partial charge on any atom is 0.332 e. The summed E-state index contributed by atoms with van der Waals surface area (Å²) in [5.41, 5.74) is 0.834. The maximum absolute atomic E-state index is 13.1. The second-order valence-corrected chi connectivity index (χ2v) is 6.56. The number of hydroxylamine groups is 1. The number of benzene rings is 2. The predicted octanol–water partition coefficient (Wildman–Crippen LogP) is 4.89. The van der Waals surface area contributed by atoms with Crippen molar-refractivity contribution in [1.82, 2.24) is 0 Å². The van der Waals surface area contributed by atoms with Crippen LogP contribution in [0, 0.1) is 0 Å². The number of carboxylic acids is 1. The van der Waals surface area contributed by atoms with E-state index in [2.05, 4.69) is 0 Å². The van der Waals surface area contributed by atoms with Crippen LogP contribution in [0.2, 0.25) is 10.0 Å². The molecule has 0 spiro atoms. The summed E-state index contributed by atoms with van der Waals surface area (Å²) in [5, 5.41) is 11.1. The van der Waals surface area contributed by atoms with Crippen molar-refractivity contribution >= 4 is 40.8 Å². The van der Waals surface area contributed by atoms with Crippen molar-refractivity contribution in [2.45, 2.75) is 19.3 Å². The number of halogens is 2. The van der Waals surface area contributed by atoms with Crippen LogP contribution in [0.4, 0.5) is 5.69 Å². The smallest absolute Gasteiger partial charge is 0.332 e. The minimum absolute atomic E-state index is 0.127. The van der Waals surface area contributed by atoms with Crippen molar-refractivity contribution in [3.8, 4) is 5.75 Å². The van der Waals surface area contributed by atoms with E-state index in [1.165, 1.54) is 6.07 Å². The molecule has 2 aromatic carbocycles.